The van der Waals surface area contributed by atoms with Crippen LogP contribution in [0.25, 0.3) is 0 Å². The molecule has 0 spiro atoms. The average Bonchev–Trinajstić information content (AvgIpc) is 2.17. The molecule has 0 radical (unpaired) electrons. The summed E-state index contributed by atoms with van der Waals surface area (Å²) >= 11 is 0. The minimum Gasteiger partial charge on any atom is -0.375 e. The predicted octanol–water partition coefficient (Wildman–Crippen LogP) is 0.810. The molecule has 0 bridgehead atoms. The van der Waals surface area contributed by atoms with E-state index in [0.717, 1.165) is 6.42 Å². The number of hydrogen-bond donors (Lipinski definition) is 0. The summed E-state index contributed by atoms with van der Waals surface area (Å²) in [7, 11) is 0. The van der Waals surface area contributed by atoms with Crippen molar-refractivity contribution >= 4 is 5.91 Å². The third-order valence-corrected chi connectivity index (χ3v) is 2.08. The van der Waals surface area contributed by atoms with Gasteiger partial charge in [-0.2, -0.15) is 0 Å². The molecule has 1 aliphatic heterocycles. The van der Waals surface area contributed by atoms with Crippen LogP contribution in [0.15, 0.2) is 12.7 Å². The van der Waals surface area contributed by atoms with Gasteiger partial charge in [-0.25, -0.2) is 0 Å². The second-order valence-electron chi connectivity index (χ2n) is 2.89. The number of ether oxygens (including phenoxy) is 1. The number of hydrogen-bond acceptors (Lipinski definition) is 2. The number of carbonyl (C=O) groups is 1. The largest absolute Gasteiger partial charge is 0.375 e. The van der Waals surface area contributed by atoms with Crippen LogP contribution in [0.2, 0.25) is 0 Å². The van der Waals surface area contributed by atoms with Crippen molar-refractivity contribution in [3.05, 3.63) is 12.7 Å². The van der Waals surface area contributed by atoms with E-state index >= 15 is 0 Å². The van der Waals surface area contributed by atoms with E-state index in [1.165, 1.54) is 6.08 Å². The Kier molecular flexibility index (Phi) is 3.29. The molecule has 1 unspecified atom stereocenters. The van der Waals surface area contributed by atoms with Crippen molar-refractivity contribution in [3.63, 3.8) is 0 Å². The van der Waals surface area contributed by atoms with Gasteiger partial charge in [0.15, 0.2) is 0 Å². The van der Waals surface area contributed by atoms with Crippen LogP contribution in [-0.4, -0.2) is 36.6 Å². The Morgan fingerprint density at radius 3 is 3.17 bits per heavy atom. The van der Waals surface area contributed by atoms with Gasteiger partial charge >= 0.3 is 0 Å². The van der Waals surface area contributed by atoms with Crippen molar-refractivity contribution in [1.82, 2.24) is 4.90 Å². The molecule has 1 aliphatic rings. The monoisotopic (exact) mass is 169 g/mol. The van der Waals surface area contributed by atoms with E-state index in [-0.39, 0.29) is 12.0 Å². The van der Waals surface area contributed by atoms with Gasteiger partial charge in [-0.05, 0) is 12.5 Å². The average molecular weight is 169 g/mol. The predicted molar refractivity (Wildman–Crippen MR) is 46.8 cm³/mol. The van der Waals surface area contributed by atoms with Crippen LogP contribution in [-0.2, 0) is 9.53 Å². The molecule has 0 aromatic rings. The Labute approximate surface area is 73.0 Å². The SMILES string of the molecule is C=CC(=O)N1CCOC(CC)C1. The maximum absolute atomic E-state index is 11.2. The van der Waals surface area contributed by atoms with Gasteiger partial charge in [0, 0.05) is 13.1 Å². The Hall–Kier alpha value is -0.830. The number of amides is 1. The first-order chi connectivity index (χ1) is 5.77. The summed E-state index contributed by atoms with van der Waals surface area (Å²) in [6.45, 7) is 7.57. The molecular weight excluding hydrogens is 154 g/mol. The van der Waals surface area contributed by atoms with Crippen LogP contribution in [0, 0.1) is 0 Å². The molecule has 0 aromatic carbocycles. The molecule has 1 heterocycles. The highest BCUT2D eigenvalue weighted by Crippen LogP contribution is 2.08. The lowest BCUT2D eigenvalue weighted by atomic mass is 10.2. The second kappa shape index (κ2) is 4.26. The first kappa shape index (κ1) is 9.26. The van der Waals surface area contributed by atoms with Crippen molar-refractivity contribution in [2.75, 3.05) is 19.7 Å². The molecule has 1 fully saturated rings. The Morgan fingerprint density at radius 2 is 2.58 bits per heavy atom. The zero-order chi connectivity index (χ0) is 8.97. The Balaban J connectivity index is 2.45. The highest BCUT2D eigenvalue weighted by molar-refractivity contribution is 5.87. The summed E-state index contributed by atoms with van der Waals surface area (Å²) < 4.78 is 5.42. The van der Waals surface area contributed by atoms with Crippen molar-refractivity contribution < 1.29 is 9.53 Å². The fourth-order valence-corrected chi connectivity index (χ4v) is 1.30. The summed E-state index contributed by atoms with van der Waals surface area (Å²) in [5, 5.41) is 0. The van der Waals surface area contributed by atoms with Crippen LogP contribution in [0.1, 0.15) is 13.3 Å². The number of carbonyl (C=O) groups excluding carboxylic acids is 1. The molecule has 0 aromatic heterocycles. The quantitative estimate of drug-likeness (QED) is 0.572. The molecule has 3 nitrogen and oxygen atoms in total. The van der Waals surface area contributed by atoms with Crippen LogP contribution in [0.5, 0.6) is 0 Å². The van der Waals surface area contributed by atoms with Crippen molar-refractivity contribution in [1.29, 1.82) is 0 Å². The first-order valence-electron chi connectivity index (χ1n) is 4.31. The molecule has 0 saturated carbocycles. The van der Waals surface area contributed by atoms with E-state index in [1.807, 2.05) is 0 Å². The molecule has 0 N–H and O–H groups in total. The Bertz CT molecular complexity index is 179. The van der Waals surface area contributed by atoms with E-state index in [2.05, 4.69) is 13.5 Å². The van der Waals surface area contributed by atoms with Gasteiger partial charge in [0.2, 0.25) is 5.91 Å². The van der Waals surface area contributed by atoms with E-state index in [1.54, 1.807) is 4.90 Å². The highest BCUT2D eigenvalue weighted by atomic mass is 16.5. The number of nitrogens with zero attached hydrogens (tertiary/aromatic N) is 1. The van der Waals surface area contributed by atoms with E-state index in [4.69, 9.17) is 4.74 Å². The summed E-state index contributed by atoms with van der Waals surface area (Å²) in [4.78, 5) is 13.0. The van der Waals surface area contributed by atoms with Crippen LogP contribution < -0.4 is 0 Å². The van der Waals surface area contributed by atoms with Crippen LogP contribution in [0.3, 0.4) is 0 Å². The maximum Gasteiger partial charge on any atom is 0.246 e. The van der Waals surface area contributed by atoms with Gasteiger partial charge in [-0.3, -0.25) is 4.79 Å². The molecule has 1 saturated heterocycles. The molecule has 68 valence electrons. The van der Waals surface area contributed by atoms with E-state index in [9.17, 15) is 4.79 Å². The van der Waals surface area contributed by atoms with Crippen molar-refractivity contribution in [2.45, 2.75) is 19.4 Å². The molecule has 3 heteroatoms. The van der Waals surface area contributed by atoms with Crippen molar-refractivity contribution in [3.8, 4) is 0 Å². The molecule has 0 aliphatic carbocycles. The van der Waals surface area contributed by atoms with E-state index in [0.29, 0.717) is 19.7 Å². The minimum absolute atomic E-state index is 0.0109. The fraction of sp³-hybridized carbons (Fsp3) is 0.667. The van der Waals surface area contributed by atoms with Gasteiger partial charge in [0.25, 0.3) is 0 Å². The smallest absolute Gasteiger partial charge is 0.246 e. The fourth-order valence-electron chi connectivity index (χ4n) is 1.30. The van der Waals surface area contributed by atoms with Gasteiger partial charge < -0.3 is 9.64 Å². The van der Waals surface area contributed by atoms with Crippen LogP contribution >= 0.6 is 0 Å². The lowest BCUT2D eigenvalue weighted by Gasteiger charge is -2.31. The zero-order valence-electron chi connectivity index (χ0n) is 7.45. The maximum atomic E-state index is 11.2. The summed E-state index contributed by atoms with van der Waals surface area (Å²) in [6.07, 6.45) is 2.53. The summed E-state index contributed by atoms with van der Waals surface area (Å²) in [6, 6.07) is 0. The lowest BCUT2D eigenvalue weighted by molar-refractivity contribution is -0.133. The first-order valence-corrected chi connectivity index (χ1v) is 4.31. The minimum atomic E-state index is 0.0109. The molecule has 1 atom stereocenters. The van der Waals surface area contributed by atoms with E-state index < -0.39 is 0 Å². The Morgan fingerprint density at radius 1 is 1.83 bits per heavy atom. The highest BCUT2D eigenvalue weighted by Gasteiger charge is 2.20. The second-order valence-corrected chi connectivity index (χ2v) is 2.89. The number of rotatable bonds is 2. The normalized spacial score (nSPS) is 23.8. The lowest BCUT2D eigenvalue weighted by Crippen LogP contribution is -2.44. The molecule has 12 heavy (non-hydrogen) atoms. The standard InChI is InChI=1S/C9H15NO2/c1-3-8-7-10(5-6-12-8)9(11)4-2/h4,8H,2-3,5-7H2,1H3. The third kappa shape index (κ3) is 2.08. The third-order valence-electron chi connectivity index (χ3n) is 2.08. The molecule has 1 rings (SSSR count). The van der Waals surface area contributed by atoms with Crippen LogP contribution in [0.4, 0.5) is 0 Å². The topological polar surface area (TPSA) is 29.5 Å². The molecule has 1 amide bonds. The zero-order valence-corrected chi connectivity index (χ0v) is 7.45. The number of morpholine rings is 1. The summed E-state index contributed by atoms with van der Waals surface area (Å²) in [5.41, 5.74) is 0. The summed E-state index contributed by atoms with van der Waals surface area (Å²) in [5.74, 6) is 0.0109. The van der Waals surface area contributed by atoms with Gasteiger partial charge in [-0.15, -0.1) is 0 Å². The van der Waals surface area contributed by atoms with Gasteiger partial charge in [0.1, 0.15) is 0 Å². The van der Waals surface area contributed by atoms with Crippen molar-refractivity contribution in [2.24, 2.45) is 0 Å². The van der Waals surface area contributed by atoms with Gasteiger partial charge in [-0.1, -0.05) is 13.5 Å². The van der Waals surface area contributed by atoms with Gasteiger partial charge in [0.05, 0.1) is 12.7 Å². The molecular formula is C9H15NO2.